The van der Waals surface area contributed by atoms with Crippen LogP contribution in [-0.4, -0.2) is 10.6 Å². The average Bonchev–Trinajstić information content (AvgIpc) is 2.26. The van der Waals surface area contributed by atoms with Crippen LogP contribution in [0.5, 0.6) is 0 Å². The fraction of sp³-hybridized carbons (Fsp3) is 0.462. The van der Waals surface area contributed by atoms with Gasteiger partial charge in [-0.05, 0) is 36.6 Å². The number of halogens is 2. The molecule has 0 saturated heterocycles. The zero-order valence-electron chi connectivity index (χ0n) is 9.76. The summed E-state index contributed by atoms with van der Waals surface area (Å²) in [5, 5.41) is 0. The minimum absolute atomic E-state index is 0.0982. The van der Waals surface area contributed by atoms with Gasteiger partial charge in [0.25, 0.3) is 0 Å². The Morgan fingerprint density at radius 1 is 1.44 bits per heavy atom. The average molecular weight is 348 g/mol. The van der Waals surface area contributed by atoms with Crippen LogP contribution in [0.25, 0.3) is 0 Å². The summed E-state index contributed by atoms with van der Waals surface area (Å²) < 4.78 is 1.09. The highest BCUT2D eigenvalue weighted by Gasteiger charge is 2.21. The van der Waals surface area contributed by atoms with E-state index in [1.54, 1.807) is 6.92 Å². The first-order valence-electron chi connectivity index (χ1n) is 5.40. The maximum atomic E-state index is 11.4. The van der Waals surface area contributed by atoms with E-state index in [0.717, 1.165) is 10.9 Å². The summed E-state index contributed by atoms with van der Waals surface area (Å²) in [6, 6.07) is 6.27. The predicted octanol–water partition coefficient (Wildman–Crippen LogP) is 4.47. The van der Waals surface area contributed by atoms with Crippen LogP contribution in [0, 0.1) is 0 Å². The van der Waals surface area contributed by atoms with E-state index in [1.807, 2.05) is 6.07 Å². The Kier molecular flexibility index (Phi) is 5.19. The standard InChI is InChI=1S/C13H16Br2O/c1-4-10-7-11(14)5-6-12(10)8(2)13(15)9(3)16/h5-8,13H,4H2,1-3H3. The van der Waals surface area contributed by atoms with Gasteiger partial charge in [-0.25, -0.2) is 0 Å². The molecule has 0 aromatic heterocycles. The van der Waals surface area contributed by atoms with Crippen molar-refractivity contribution in [2.75, 3.05) is 0 Å². The van der Waals surface area contributed by atoms with E-state index in [9.17, 15) is 4.79 Å². The summed E-state index contributed by atoms with van der Waals surface area (Å²) in [4.78, 5) is 11.3. The molecule has 2 atom stereocenters. The normalized spacial score (nSPS) is 14.6. The van der Waals surface area contributed by atoms with E-state index < -0.39 is 0 Å². The van der Waals surface area contributed by atoms with Crippen molar-refractivity contribution in [2.24, 2.45) is 0 Å². The summed E-state index contributed by atoms with van der Waals surface area (Å²) >= 11 is 6.94. The number of alkyl halides is 1. The zero-order valence-corrected chi connectivity index (χ0v) is 12.9. The lowest BCUT2D eigenvalue weighted by Gasteiger charge is -2.19. The van der Waals surface area contributed by atoms with Gasteiger partial charge in [-0.15, -0.1) is 0 Å². The predicted molar refractivity (Wildman–Crippen MR) is 75.3 cm³/mol. The number of benzene rings is 1. The smallest absolute Gasteiger partial charge is 0.144 e. The second-order valence-electron chi connectivity index (χ2n) is 4.00. The third-order valence-corrected chi connectivity index (χ3v) is 4.73. The Bertz CT molecular complexity index is 388. The van der Waals surface area contributed by atoms with E-state index in [4.69, 9.17) is 0 Å². The molecule has 0 aliphatic rings. The van der Waals surface area contributed by atoms with Crippen LogP contribution in [0.15, 0.2) is 22.7 Å². The largest absolute Gasteiger partial charge is 0.299 e. The molecule has 0 N–H and O–H groups in total. The molecule has 0 radical (unpaired) electrons. The van der Waals surface area contributed by atoms with Gasteiger partial charge >= 0.3 is 0 Å². The lowest BCUT2D eigenvalue weighted by atomic mass is 9.91. The number of Topliss-reactive ketones (excluding diaryl/α,β-unsaturated/α-hetero) is 1. The van der Waals surface area contributed by atoms with Crippen molar-refractivity contribution in [1.82, 2.24) is 0 Å². The lowest BCUT2D eigenvalue weighted by Crippen LogP contribution is -2.18. The van der Waals surface area contributed by atoms with E-state index >= 15 is 0 Å². The molecular weight excluding hydrogens is 332 g/mol. The highest BCUT2D eigenvalue weighted by molar-refractivity contribution is 9.10. The van der Waals surface area contributed by atoms with Crippen LogP contribution in [0.2, 0.25) is 0 Å². The van der Waals surface area contributed by atoms with E-state index in [1.165, 1.54) is 11.1 Å². The maximum absolute atomic E-state index is 11.4. The molecule has 0 aliphatic heterocycles. The molecule has 88 valence electrons. The molecule has 3 heteroatoms. The monoisotopic (exact) mass is 346 g/mol. The highest BCUT2D eigenvalue weighted by Crippen LogP contribution is 2.30. The highest BCUT2D eigenvalue weighted by atomic mass is 79.9. The summed E-state index contributed by atoms with van der Waals surface area (Å²) in [6.45, 7) is 5.85. The molecule has 0 saturated carbocycles. The molecule has 0 fully saturated rings. The number of hydrogen-bond acceptors (Lipinski definition) is 1. The van der Waals surface area contributed by atoms with Gasteiger partial charge in [0, 0.05) is 10.4 Å². The van der Waals surface area contributed by atoms with Gasteiger partial charge in [0.05, 0.1) is 4.83 Å². The molecule has 1 rings (SSSR count). The van der Waals surface area contributed by atoms with Crippen LogP contribution < -0.4 is 0 Å². The van der Waals surface area contributed by atoms with Crippen molar-refractivity contribution < 1.29 is 4.79 Å². The number of ketones is 1. The minimum Gasteiger partial charge on any atom is -0.299 e. The number of aryl methyl sites for hydroxylation is 1. The van der Waals surface area contributed by atoms with Crippen molar-refractivity contribution in [1.29, 1.82) is 0 Å². The van der Waals surface area contributed by atoms with Crippen LogP contribution >= 0.6 is 31.9 Å². The number of carbonyl (C=O) groups is 1. The SMILES string of the molecule is CCc1cc(Br)ccc1C(C)C(Br)C(C)=O. The van der Waals surface area contributed by atoms with Crippen LogP contribution in [0.4, 0.5) is 0 Å². The van der Waals surface area contributed by atoms with Crippen LogP contribution in [0.1, 0.15) is 37.8 Å². The first kappa shape index (κ1) is 13.9. The van der Waals surface area contributed by atoms with Crippen LogP contribution in [0.3, 0.4) is 0 Å². The molecule has 0 spiro atoms. The molecule has 1 aromatic carbocycles. The fourth-order valence-corrected chi connectivity index (χ4v) is 2.53. The van der Waals surface area contributed by atoms with Crippen molar-refractivity contribution in [3.05, 3.63) is 33.8 Å². The number of hydrogen-bond donors (Lipinski definition) is 0. The van der Waals surface area contributed by atoms with Gasteiger partial charge in [0.2, 0.25) is 0 Å². The lowest BCUT2D eigenvalue weighted by molar-refractivity contribution is -0.116. The molecule has 0 aliphatic carbocycles. The molecule has 0 amide bonds. The van der Waals surface area contributed by atoms with E-state index in [-0.39, 0.29) is 16.5 Å². The third-order valence-electron chi connectivity index (χ3n) is 2.80. The second-order valence-corrected chi connectivity index (χ2v) is 5.90. The Morgan fingerprint density at radius 2 is 2.06 bits per heavy atom. The summed E-state index contributed by atoms with van der Waals surface area (Å²) in [6.07, 6.45) is 0.983. The Morgan fingerprint density at radius 3 is 2.56 bits per heavy atom. The van der Waals surface area contributed by atoms with Crippen molar-refractivity contribution in [3.8, 4) is 0 Å². The van der Waals surface area contributed by atoms with Gasteiger partial charge in [-0.2, -0.15) is 0 Å². The molecule has 0 bridgehead atoms. The van der Waals surface area contributed by atoms with Crippen molar-refractivity contribution in [2.45, 2.75) is 37.9 Å². The molecular formula is C13H16Br2O. The first-order valence-corrected chi connectivity index (χ1v) is 7.11. The Hall–Kier alpha value is -0.150. The molecule has 1 aromatic rings. The van der Waals surface area contributed by atoms with Gasteiger partial charge < -0.3 is 0 Å². The van der Waals surface area contributed by atoms with Gasteiger partial charge in [-0.3, -0.25) is 4.79 Å². The Labute approximate surface area is 114 Å². The molecule has 0 heterocycles. The van der Waals surface area contributed by atoms with Gasteiger partial charge in [-0.1, -0.05) is 51.8 Å². The quantitative estimate of drug-likeness (QED) is 0.734. The summed E-state index contributed by atoms with van der Waals surface area (Å²) in [5.41, 5.74) is 2.55. The maximum Gasteiger partial charge on any atom is 0.144 e. The molecule has 2 unspecified atom stereocenters. The minimum atomic E-state index is -0.0982. The van der Waals surface area contributed by atoms with Gasteiger partial charge in [0.1, 0.15) is 5.78 Å². The first-order chi connectivity index (χ1) is 7.47. The third kappa shape index (κ3) is 3.17. The second kappa shape index (κ2) is 5.97. The van der Waals surface area contributed by atoms with E-state index in [2.05, 4.69) is 57.8 Å². The van der Waals surface area contributed by atoms with Crippen molar-refractivity contribution >= 4 is 37.6 Å². The van der Waals surface area contributed by atoms with Crippen LogP contribution in [-0.2, 0) is 11.2 Å². The van der Waals surface area contributed by atoms with E-state index in [0.29, 0.717) is 0 Å². The topological polar surface area (TPSA) is 17.1 Å². The summed E-state index contributed by atoms with van der Waals surface area (Å²) in [7, 11) is 0. The molecule has 16 heavy (non-hydrogen) atoms. The number of carbonyl (C=O) groups excluding carboxylic acids is 1. The zero-order chi connectivity index (χ0) is 12.3. The van der Waals surface area contributed by atoms with Gasteiger partial charge in [0.15, 0.2) is 0 Å². The molecule has 1 nitrogen and oxygen atoms in total. The fourth-order valence-electron chi connectivity index (χ4n) is 1.83. The Balaban J connectivity index is 3.07. The summed E-state index contributed by atoms with van der Waals surface area (Å²) in [5.74, 6) is 0.387. The van der Waals surface area contributed by atoms with Crippen molar-refractivity contribution in [3.63, 3.8) is 0 Å². The number of rotatable bonds is 4.